The minimum absolute atomic E-state index is 0.0809. The molecule has 3 heteroatoms. The van der Waals surface area contributed by atoms with Gasteiger partial charge in [-0.1, -0.05) is 36.4 Å². The molecule has 0 saturated carbocycles. The molecular formula is C19H22N2O. The van der Waals surface area contributed by atoms with E-state index in [0.717, 1.165) is 37.2 Å². The molecule has 1 aliphatic rings. The van der Waals surface area contributed by atoms with Crippen LogP contribution in [-0.4, -0.2) is 19.0 Å². The Morgan fingerprint density at radius 1 is 1.14 bits per heavy atom. The lowest BCUT2D eigenvalue weighted by molar-refractivity contribution is -0.116. The van der Waals surface area contributed by atoms with E-state index in [1.165, 1.54) is 11.3 Å². The second-order valence-electron chi connectivity index (χ2n) is 5.83. The molecule has 2 aromatic rings. The van der Waals surface area contributed by atoms with Crippen LogP contribution in [0.3, 0.4) is 0 Å². The second-order valence-corrected chi connectivity index (χ2v) is 5.83. The summed E-state index contributed by atoms with van der Waals surface area (Å²) in [7, 11) is 0. The maximum absolute atomic E-state index is 12.2. The number of nitrogens with one attached hydrogen (secondary N) is 1. The monoisotopic (exact) mass is 294 g/mol. The van der Waals surface area contributed by atoms with Crippen molar-refractivity contribution in [1.82, 2.24) is 0 Å². The molecule has 22 heavy (non-hydrogen) atoms. The molecule has 114 valence electrons. The fourth-order valence-corrected chi connectivity index (χ4v) is 3.01. The summed E-state index contributed by atoms with van der Waals surface area (Å²) in [6, 6.07) is 16.4. The fraction of sp³-hybridized carbons (Fsp3) is 0.316. The normalized spacial score (nSPS) is 13.6. The van der Waals surface area contributed by atoms with Gasteiger partial charge in [-0.3, -0.25) is 4.79 Å². The Morgan fingerprint density at radius 2 is 1.91 bits per heavy atom. The first-order valence-electron chi connectivity index (χ1n) is 7.92. The van der Waals surface area contributed by atoms with Crippen molar-refractivity contribution in [2.75, 3.05) is 23.3 Å². The third-order valence-corrected chi connectivity index (χ3v) is 4.23. The van der Waals surface area contributed by atoms with Crippen LogP contribution in [0.1, 0.15) is 24.0 Å². The molecule has 3 nitrogen and oxygen atoms in total. The molecule has 0 saturated heterocycles. The van der Waals surface area contributed by atoms with E-state index < -0.39 is 0 Å². The number of benzene rings is 2. The van der Waals surface area contributed by atoms with Crippen LogP contribution in [0.25, 0.3) is 0 Å². The van der Waals surface area contributed by atoms with Gasteiger partial charge < -0.3 is 10.2 Å². The van der Waals surface area contributed by atoms with E-state index in [1.54, 1.807) is 0 Å². The van der Waals surface area contributed by atoms with Crippen LogP contribution in [0.5, 0.6) is 0 Å². The van der Waals surface area contributed by atoms with Crippen LogP contribution in [-0.2, 0) is 11.2 Å². The van der Waals surface area contributed by atoms with Crippen LogP contribution in [0.15, 0.2) is 48.5 Å². The van der Waals surface area contributed by atoms with Crippen LogP contribution in [0.2, 0.25) is 0 Å². The quantitative estimate of drug-likeness (QED) is 0.931. The van der Waals surface area contributed by atoms with Crippen molar-refractivity contribution in [3.8, 4) is 0 Å². The SMILES string of the molecule is Cc1ccccc1NC(=O)CCN1CCCc2ccccc21. The summed E-state index contributed by atoms with van der Waals surface area (Å²) in [4.78, 5) is 14.5. The molecule has 1 N–H and O–H groups in total. The second kappa shape index (κ2) is 6.65. The van der Waals surface area contributed by atoms with Gasteiger partial charge in [0.1, 0.15) is 0 Å². The number of amides is 1. The molecule has 1 heterocycles. The molecule has 2 aromatic carbocycles. The zero-order valence-electron chi connectivity index (χ0n) is 13.0. The molecule has 0 fully saturated rings. The summed E-state index contributed by atoms with van der Waals surface area (Å²) in [5.41, 5.74) is 4.69. The molecule has 0 bridgehead atoms. The number of hydrogen-bond acceptors (Lipinski definition) is 2. The molecule has 0 radical (unpaired) electrons. The van der Waals surface area contributed by atoms with E-state index in [9.17, 15) is 4.79 Å². The number of para-hydroxylation sites is 2. The third kappa shape index (κ3) is 3.30. The smallest absolute Gasteiger partial charge is 0.226 e. The average Bonchev–Trinajstić information content (AvgIpc) is 2.55. The summed E-state index contributed by atoms with van der Waals surface area (Å²) in [6.07, 6.45) is 2.82. The van der Waals surface area contributed by atoms with E-state index in [-0.39, 0.29) is 5.91 Å². The van der Waals surface area contributed by atoms with Crippen molar-refractivity contribution >= 4 is 17.3 Å². The number of anilines is 2. The molecule has 0 atom stereocenters. The highest BCUT2D eigenvalue weighted by molar-refractivity contribution is 5.91. The van der Waals surface area contributed by atoms with Gasteiger partial charge >= 0.3 is 0 Å². The fourth-order valence-electron chi connectivity index (χ4n) is 3.01. The molecule has 3 rings (SSSR count). The summed E-state index contributed by atoms with van der Waals surface area (Å²) >= 11 is 0. The van der Waals surface area contributed by atoms with Crippen molar-refractivity contribution in [2.45, 2.75) is 26.2 Å². The molecule has 1 aliphatic heterocycles. The lowest BCUT2D eigenvalue weighted by Crippen LogP contribution is -2.32. The van der Waals surface area contributed by atoms with Gasteiger partial charge in [-0.2, -0.15) is 0 Å². The maximum atomic E-state index is 12.2. The highest BCUT2D eigenvalue weighted by Gasteiger charge is 2.16. The van der Waals surface area contributed by atoms with Crippen molar-refractivity contribution in [3.05, 3.63) is 59.7 Å². The number of carbonyl (C=O) groups is 1. The van der Waals surface area contributed by atoms with Crippen LogP contribution in [0.4, 0.5) is 11.4 Å². The van der Waals surface area contributed by atoms with Gasteiger partial charge in [-0.05, 0) is 43.0 Å². The highest BCUT2D eigenvalue weighted by atomic mass is 16.1. The van der Waals surface area contributed by atoms with Gasteiger partial charge in [0, 0.05) is 30.9 Å². The first kappa shape index (κ1) is 14.6. The first-order valence-corrected chi connectivity index (χ1v) is 7.92. The Bertz CT molecular complexity index is 666. The Kier molecular flexibility index (Phi) is 4.42. The zero-order valence-corrected chi connectivity index (χ0v) is 13.0. The minimum atomic E-state index is 0.0809. The molecule has 0 spiro atoms. The number of nitrogens with zero attached hydrogens (tertiary/aromatic N) is 1. The highest BCUT2D eigenvalue weighted by Crippen LogP contribution is 2.26. The van der Waals surface area contributed by atoms with Crippen LogP contribution < -0.4 is 10.2 Å². The standard InChI is InChI=1S/C19H22N2O/c1-15-7-2-4-10-17(15)20-19(22)12-14-21-13-6-9-16-8-3-5-11-18(16)21/h2-5,7-8,10-11H,6,9,12-14H2,1H3,(H,20,22). The Labute approximate surface area is 132 Å². The lowest BCUT2D eigenvalue weighted by Gasteiger charge is -2.31. The van der Waals surface area contributed by atoms with Gasteiger partial charge in [0.15, 0.2) is 0 Å². The van der Waals surface area contributed by atoms with Crippen LogP contribution >= 0.6 is 0 Å². The maximum Gasteiger partial charge on any atom is 0.226 e. The number of fused-ring (bicyclic) bond motifs is 1. The summed E-state index contributed by atoms with van der Waals surface area (Å²) in [5.74, 6) is 0.0809. The summed E-state index contributed by atoms with van der Waals surface area (Å²) < 4.78 is 0. The van der Waals surface area contributed by atoms with E-state index in [0.29, 0.717) is 6.42 Å². The average molecular weight is 294 g/mol. The van der Waals surface area contributed by atoms with Crippen molar-refractivity contribution in [3.63, 3.8) is 0 Å². The Hall–Kier alpha value is -2.29. The predicted octanol–water partition coefficient (Wildman–Crippen LogP) is 3.78. The van der Waals surface area contributed by atoms with Crippen LogP contribution in [0, 0.1) is 6.92 Å². The van der Waals surface area contributed by atoms with Gasteiger partial charge in [0.25, 0.3) is 0 Å². The van der Waals surface area contributed by atoms with Gasteiger partial charge in [0.05, 0.1) is 0 Å². The van der Waals surface area contributed by atoms with E-state index >= 15 is 0 Å². The molecule has 0 aromatic heterocycles. The van der Waals surface area contributed by atoms with Gasteiger partial charge in [0.2, 0.25) is 5.91 Å². The number of rotatable bonds is 4. The zero-order chi connectivity index (χ0) is 15.4. The van der Waals surface area contributed by atoms with E-state index in [1.807, 2.05) is 31.2 Å². The van der Waals surface area contributed by atoms with Crippen molar-refractivity contribution in [2.24, 2.45) is 0 Å². The van der Waals surface area contributed by atoms with Gasteiger partial charge in [-0.25, -0.2) is 0 Å². The molecular weight excluding hydrogens is 272 g/mol. The minimum Gasteiger partial charge on any atom is -0.371 e. The molecule has 0 aliphatic carbocycles. The van der Waals surface area contributed by atoms with Crippen molar-refractivity contribution < 1.29 is 4.79 Å². The topological polar surface area (TPSA) is 32.3 Å². The third-order valence-electron chi connectivity index (χ3n) is 4.23. The first-order chi connectivity index (χ1) is 10.7. The number of aryl methyl sites for hydroxylation is 2. The summed E-state index contributed by atoms with van der Waals surface area (Å²) in [6.45, 7) is 3.82. The molecule has 0 unspecified atom stereocenters. The van der Waals surface area contributed by atoms with Gasteiger partial charge in [-0.15, -0.1) is 0 Å². The van der Waals surface area contributed by atoms with E-state index in [4.69, 9.17) is 0 Å². The predicted molar refractivity (Wildman–Crippen MR) is 91.4 cm³/mol. The molecule has 1 amide bonds. The summed E-state index contributed by atoms with van der Waals surface area (Å²) in [5, 5.41) is 3.01. The van der Waals surface area contributed by atoms with E-state index in [2.05, 4.69) is 34.5 Å². The number of hydrogen-bond donors (Lipinski definition) is 1. The van der Waals surface area contributed by atoms with Crippen molar-refractivity contribution in [1.29, 1.82) is 0 Å². The Morgan fingerprint density at radius 3 is 2.77 bits per heavy atom. The largest absolute Gasteiger partial charge is 0.371 e. The lowest BCUT2D eigenvalue weighted by atomic mass is 10.0. The number of carbonyl (C=O) groups excluding carboxylic acids is 1. The Balaban J connectivity index is 1.59.